The van der Waals surface area contributed by atoms with E-state index in [1.807, 2.05) is 11.8 Å². The van der Waals surface area contributed by atoms with Gasteiger partial charge in [-0.1, -0.05) is 41.9 Å². The SMILES string of the molecule is CCNCC(CCCSCC)c1cccc(Br)c1. The van der Waals surface area contributed by atoms with Crippen LogP contribution >= 0.6 is 27.7 Å². The molecule has 0 saturated heterocycles. The lowest BCUT2D eigenvalue weighted by Crippen LogP contribution is -2.21. The van der Waals surface area contributed by atoms with E-state index in [0.29, 0.717) is 5.92 Å². The molecule has 1 N–H and O–H groups in total. The summed E-state index contributed by atoms with van der Waals surface area (Å²) >= 11 is 5.61. The highest BCUT2D eigenvalue weighted by molar-refractivity contribution is 9.10. The number of thioether (sulfide) groups is 1. The molecule has 0 aromatic heterocycles. The van der Waals surface area contributed by atoms with E-state index >= 15 is 0 Å². The first-order chi connectivity index (χ1) is 8.77. The topological polar surface area (TPSA) is 12.0 Å². The number of halogens is 1. The van der Waals surface area contributed by atoms with Crippen LogP contribution in [-0.2, 0) is 0 Å². The Labute approximate surface area is 124 Å². The molecule has 0 radical (unpaired) electrons. The van der Waals surface area contributed by atoms with Crippen LogP contribution in [0.5, 0.6) is 0 Å². The summed E-state index contributed by atoms with van der Waals surface area (Å²) in [6, 6.07) is 8.74. The molecule has 3 heteroatoms. The van der Waals surface area contributed by atoms with Crippen molar-refractivity contribution >= 4 is 27.7 Å². The molecule has 0 bridgehead atoms. The molecule has 1 unspecified atom stereocenters. The molecule has 102 valence electrons. The Bertz CT molecular complexity index is 330. The maximum Gasteiger partial charge on any atom is 0.0178 e. The van der Waals surface area contributed by atoms with Crippen molar-refractivity contribution in [1.82, 2.24) is 5.32 Å². The Morgan fingerprint density at radius 1 is 1.33 bits per heavy atom. The molecule has 0 saturated carbocycles. The van der Waals surface area contributed by atoms with E-state index in [-0.39, 0.29) is 0 Å². The fraction of sp³-hybridized carbons (Fsp3) is 0.600. The lowest BCUT2D eigenvalue weighted by Gasteiger charge is -2.18. The smallest absolute Gasteiger partial charge is 0.0178 e. The van der Waals surface area contributed by atoms with E-state index in [0.717, 1.165) is 13.1 Å². The average molecular weight is 330 g/mol. The van der Waals surface area contributed by atoms with Crippen molar-refractivity contribution in [3.63, 3.8) is 0 Å². The van der Waals surface area contributed by atoms with E-state index in [9.17, 15) is 0 Å². The van der Waals surface area contributed by atoms with E-state index in [1.54, 1.807) is 0 Å². The standard InChI is InChI=1S/C15H24BrNS/c1-3-17-12-14(8-6-10-18-4-2)13-7-5-9-15(16)11-13/h5,7,9,11,14,17H,3-4,6,8,10,12H2,1-2H3. The summed E-state index contributed by atoms with van der Waals surface area (Å²) in [5, 5.41) is 3.49. The van der Waals surface area contributed by atoms with Crippen molar-refractivity contribution in [3.05, 3.63) is 34.3 Å². The van der Waals surface area contributed by atoms with Gasteiger partial charge in [0.25, 0.3) is 0 Å². The quantitative estimate of drug-likeness (QED) is 0.660. The first kappa shape index (κ1) is 16.1. The number of benzene rings is 1. The average Bonchev–Trinajstić information content (AvgIpc) is 2.38. The van der Waals surface area contributed by atoms with Crippen LogP contribution in [0.3, 0.4) is 0 Å². The van der Waals surface area contributed by atoms with Crippen LogP contribution in [0.4, 0.5) is 0 Å². The lowest BCUT2D eigenvalue weighted by atomic mass is 9.94. The van der Waals surface area contributed by atoms with Crippen molar-refractivity contribution < 1.29 is 0 Å². The van der Waals surface area contributed by atoms with Crippen LogP contribution in [-0.4, -0.2) is 24.6 Å². The van der Waals surface area contributed by atoms with Gasteiger partial charge in [-0.2, -0.15) is 11.8 Å². The first-order valence-electron chi connectivity index (χ1n) is 6.81. The van der Waals surface area contributed by atoms with Crippen LogP contribution in [0.15, 0.2) is 28.7 Å². The Morgan fingerprint density at radius 2 is 2.17 bits per heavy atom. The molecule has 0 spiro atoms. The molecular formula is C15H24BrNS. The molecule has 1 aromatic rings. The van der Waals surface area contributed by atoms with E-state index in [1.165, 1.54) is 34.4 Å². The van der Waals surface area contributed by atoms with Crippen molar-refractivity contribution in [3.8, 4) is 0 Å². The molecule has 1 atom stereocenters. The minimum atomic E-state index is 0.639. The zero-order valence-corrected chi connectivity index (χ0v) is 13.8. The number of nitrogens with one attached hydrogen (secondary N) is 1. The summed E-state index contributed by atoms with van der Waals surface area (Å²) < 4.78 is 1.18. The van der Waals surface area contributed by atoms with Gasteiger partial charge in [-0.05, 0) is 54.5 Å². The maximum atomic E-state index is 3.57. The van der Waals surface area contributed by atoms with Gasteiger partial charge in [-0.15, -0.1) is 0 Å². The van der Waals surface area contributed by atoms with Crippen molar-refractivity contribution in [1.29, 1.82) is 0 Å². The second-order valence-electron chi connectivity index (χ2n) is 4.40. The molecular weight excluding hydrogens is 306 g/mol. The molecule has 0 amide bonds. The summed E-state index contributed by atoms with van der Waals surface area (Å²) in [7, 11) is 0. The van der Waals surface area contributed by atoms with E-state index < -0.39 is 0 Å². The Morgan fingerprint density at radius 3 is 2.83 bits per heavy atom. The van der Waals surface area contributed by atoms with Gasteiger partial charge < -0.3 is 5.32 Å². The summed E-state index contributed by atoms with van der Waals surface area (Å²) in [6.07, 6.45) is 2.58. The molecule has 18 heavy (non-hydrogen) atoms. The maximum absolute atomic E-state index is 3.57. The Hall–Kier alpha value is 0.01000. The van der Waals surface area contributed by atoms with Gasteiger partial charge in [-0.25, -0.2) is 0 Å². The monoisotopic (exact) mass is 329 g/mol. The predicted molar refractivity (Wildman–Crippen MR) is 87.7 cm³/mol. The summed E-state index contributed by atoms with van der Waals surface area (Å²) in [4.78, 5) is 0. The van der Waals surface area contributed by atoms with Gasteiger partial charge >= 0.3 is 0 Å². The van der Waals surface area contributed by atoms with Crippen LogP contribution < -0.4 is 5.32 Å². The molecule has 1 nitrogen and oxygen atoms in total. The minimum Gasteiger partial charge on any atom is -0.316 e. The van der Waals surface area contributed by atoms with Crippen LogP contribution in [0, 0.1) is 0 Å². The predicted octanol–water partition coefficient (Wildman–Crippen LogP) is 4.68. The van der Waals surface area contributed by atoms with E-state index in [2.05, 4.69) is 59.4 Å². The molecule has 0 heterocycles. The summed E-state index contributed by atoms with van der Waals surface area (Å²) in [6.45, 7) is 6.54. The fourth-order valence-corrected chi connectivity index (χ4v) is 3.12. The van der Waals surface area contributed by atoms with Crippen LogP contribution in [0.2, 0.25) is 0 Å². The van der Waals surface area contributed by atoms with Gasteiger partial charge in [0.1, 0.15) is 0 Å². The first-order valence-corrected chi connectivity index (χ1v) is 8.76. The zero-order valence-electron chi connectivity index (χ0n) is 11.4. The molecule has 0 aliphatic carbocycles. The number of hydrogen-bond acceptors (Lipinski definition) is 2. The molecule has 0 aliphatic rings. The van der Waals surface area contributed by atoms with Gasteiger partial charge in [-0.3, -0.25) is 0 Å². The zero-order chi connectivity index (χ0) is 13.2. The van der Waals surface area contributed by atoms with Gasteiger partial charge in [0.2, 0.25) is 0 Å². The lowest BCUT2D eigenvalue weighted by molar-refractivity contribution is 0.557. The Balaban J connectivity index is 2.54. The van der Waals surface area contributed by atoms with Gasteiger partial charge in [0, 0.05) is 11.0 Å². The fourth-order valence-electron chi connectivity index (χ4n) is 2.04. The molecule has 0 fully saturated rings. The largest absolute Gasteiger partial charge is 0.316 e. The summed E-state index contributed by atoms with van der Waals surface area (Å²) in [5.41, 5.74) is 1.45. The van der Waals surface area contributed by atoms with Gasteiger partial charge in [0.15, 0.2) is 0 Å². The third-order valence-corrected chi connectivity index (χ3v) is 4.49. The van der Waals surface area contributed by atoms with Crippen LogP contribution in [0.25, 0.3) is 0 Å². The van der Waals surface area contributed by atoms with Crippen molar-refractivity contribution in [2.45, 2.75) is 32.6 Å². The molecule has 1 rings (SSSR count). The van der Waals surface area contributed by atoms with Crippen molar-refractivity contribution in [2.24, 2.45) is 0 Å². The molecule has 0 aliphatic heterocycles. The minimum absolute atomic E-state index is 0.639. The van der Waals surface area contributed by atoms with Crippen molar-refractivity contribution in [2.75, 3.05) is 24.6 Å². The normalized spacial score (nSPS) is 12.6. The highest BCUT2D eigenvalue weighted by atomic mass is 79.9. The third kappa shape index (κ3) is 6.26. The van der Waals surface area contributed by atoms with Gasteiger partial charge in [0.05, 0.1) is 0 Å². The Kier molecular flexibility index (Phi) is 8.82. The molecule has 1 aromatic carbocycles. The number of hydrogen-bond donors (Lipinski definition) is 1. The van der Waals surface area contributed by atoms with Crippen LogP contribution in [0.1, 0.15) is 38.2 Å². The summed E-state index contributed by atoms with van der Waals surface area (Å²) in [5.74, 6) is 3.15. The highest BCUT2D eigenvalue weighted by Gasteiger charge is 2.11. The van der Waals surface area contributed by atoms with E-state index in [4.69, 9.17) is 0 Å². The third-order valence-electron chi connectivity index (χ3n) is 3.01. The second kappa shape index (κ2) is 9.88. The number of rotatable bonds is 9. The number of likely N-dealkylation sites (N-methyl/N-ethyl adjacent to an activating group) is 1. The second-order valence-corrected chi connectivity index (χ2v) is 6.71. The highest BCUT2D eigenvalue weighted by Crippen LogP contribution is 2.24.